The van der Waals surface area contributed by atoms with Crippen molar-refractivity contribution in [2.24, 2.45) is 0 Å². The highest BCUT2D eigenvalue weighted by molar-refractivity contribution is 5.38. The largest absolute Gasteiger partial charge is 0.497 e. The van der Waals surface area contributed by atoms with Crippen molar-refractivity contribution >= 4 is 0 Å². The third-order valence-corrected chi connectivity index (χ3v) is 3.49. The van der Waals surface area contributed by atoms with Gasteiger partial charge in [0.1, 0.15) is 11.6 Å². The predicted octanol–water partition coefficient (Wildman–Crippen LogP) is 4.23. The Balaban J connectivity index is 2.44. The van der Waals surface area contributed by atoms with Crippen LogP contribution in [0.5, 0.6) is 5.75 Å². The Morgan fingerprint density at radius 2 is 2.00 bits per heavy atom. The molecule has 0 aliphatic carbocycles. The van der Waals surface area contributed by atoms with Gasteiger partial charge in [0.25, 0.3) is 0 Å². The minimum atomic E-state index is -0.183. The molecular weight excluding hydrogens is 265 g/mol. The second kappa shape index (κ2) is 7.23. The van der Waals surface area contributed by atoms with Gasteiger partial charge in [0.2, 0.25) is 0 Å². The Morgan fingerprint density at radius 1 is 1.19 bits per heavy atom. The molecule has 0 aliphatic rings. The lowest BCUT2D eigenvalue weighted by atomic mass is 9.96. The second-order valence-electron chi connectivity index (χ2n) is 5.19. The minimum Gasteiger partial charge on any atom is -0.497 e. The molecule has 0 bridgehead atoms. The number of rotatable bonds is 6. The number of methoxy groups -OCH3 is 1. The van der Waals surface area contributed by atoms with E-state index in [0.29, 0.717) is 5.56 Å². The monoisotopic (exact) mass is 287 g/mol. The van der Waals surface area contributed by atoms with Gasteiger partial charge in [-0.2, -0.15) is 0 Å². The Morgan fingerprint density at radius 3 is 2.71 bits per heavy atom. The maximum atomic E-state index is 14.2. The SMILES string of the molecule is CCCNC(c1cccc(OC)c1)c1cc(C)ccc1F. The molecule has 0 aromatic heterocycles. The summed E-state index contributed by atoms with van der Waals surface area (Å²) in [5.41, 5.74) is 2.74. The third kappa shape index (κ3) is 3.82. The first-order chi connectivity index (χ1) is 10.2. The van der Waals surface area contributed by atoms with Gasteiger partial charge in [0.05, 0.1) is 13.2 Å². The fourth-order valence-electron chi connectivity index (χ4n) is 2.40. The van der Waals surface area contributed by atoms with Crippen LogP contribution < -0.4 is 10.1 Å². The highest BCUT2D eigenvalue weighted by Gasteiger charge is 2.18. The Bertz CT molecular complexity index is 598. The first-order valence-corrected chi connectivity index (χ1v) is 7.29. The number of hydrogen-bond acceptors (Lipinski definition) is 2. The second-order valence-corrected chi connectivity index (χ2v) is 5.19. The van der Waals surface area contributed by atoms with Crippen LogP contribution >= 0.6 is 0 Å². The fraction of sp³-hybridized carbons (Fsp3) is 0.333. The minimum absolute atomic E-state index is 0.167. The molecular formula is C18H22FNO. The molecule has 2 nitrogen and oxygen atoms in total. The third-order valence-electron chi connectivity index (χ3n) is 3.49. The Kier molecular flexibility index (Phi) is 5.34. The first kappa shape index (κ1) is 15.5. The summed E-state index contributed by atoms with van der Waals surface area (Å²) in [7, 11) is 1.64. The summed E-state index contributed by atoms with van der Waals surface area (Å²) >= 11 is 0. The number of halogens is 1. The van der Waals surface area contributed by atoms with Crippen LogP contribution in [0.25, 0.3) is 0 Å². The van der Waals surface area contributed by atoms with Crippen molar-refractivity contribution in [3.63, 3.8) is 0 Å². The zero-order chi connectivity index (χ0) is 15.2. The van der Waals surface area contributed by atoms with Crippen molar-refractivity contribution in [1.29, 1.82) is 0 Å². The smallest absolute Gasteiger partial charge is 0.128 e. The predicted molar refractivity (Wildman–Crippen MR) is 84.3 cm³/mol. The maximum Gasteiger partial charge on any atom is 0.128 e. The van der Waals surface area contributed by atoms with Gasteiger partial charge >= 0.3 is 0 Å². The average Bonchev–Trinajstić information content (AvgIpc) is 2.51. The topological polar surface area (TPSA) is 21.3 Å². The van der Waals surface area contributed by atoms with E-state index in [9.17, 15) is 4.39 Å². The molecule has 2 rings (SSSR count). The van der Waals surface area contributed by atoms with E-state index < -0.39 is 0 Å². The number of benzene rings is 2. The molecule has 2 aromatic carbocycles. The van der Waals surface area contributed by atoms with Crippen LogP contribution in [0.15, 0.2) is 42.5 Å². The number of nitrogens with one attached hydrogen (secondary N) is 1. The molecule has 0 fully saturated rings. The molecule has 2 aromatic rings. The summed E-state index contributed by atoms with van der Waals surface area (Å²) in [5, 5.41) is 3.43. The highest BCUT2D eigenvalue weighted by atomic mass is 19.1. The molecule has 1 N–H and O–H groups in total. The van der Waals surface area contributed by atoms with Crippen LogP contribution in [0.3, 0.4) is 0 Å². The van der Waals surface area contributed by atoms with Crippen molar-refractivity contribution in [3.8, 4) is 5.75 Å². The number of hydrogen-bond donors (Lipinski definition) is 1. The van der Waals surface area contributed by atoms with E-state index >= 15 is 0 Å². The van der Waals surface area contributed by atoms with Crippen molar-refractivity contribution < 1.29 is 9.13 Å². The molecule has 0 saturated carbocycles. The molecule has 0 radical (unpaired) electrons. The van der Waals surface area contributed by atoms with E-state index in [2.05, 4.69) is 12.2 Å². The molecule has 21 heavy (non-hydrogen) atoms. The quantitative estimate of drug-likeness (QED) is 0.858. The Hall–Kier alpha value is -1.87. The summed E-state index contributed by atoms with van der Waals surface area (Å²) in [4.78, 5) is 0. The van der Waals surface area contributed by atoms with Crippen molar-refractivity contribution in [3.05, 3.63) is 65.0 Å². The van der Waals surface area contributed by atoms with Crippen molar-refractivity contribution in [2.75, 3.05) is 13.7 Å². The summed E-state index contributed by atoms with van der Waals surface area (Å²) in [6, 6.07) is 12.8. The molecule has 0 spiro atoms. The van der Waals surface area contributed by atoms with Crippen LogP contribution in [-0.2, 0) is 0 Å². The molecule has 3 heteroatoms. The lowest BCUT2D eigenvalue weighted by Gasteiger charge is -2.21. The van der Waals surface area contributed by atoms with Crippen LogP contribution in [0, 0.1) is 12.7 Å². The van der Waals surface area contributed by atoms with Crippen LogP contribution in [0.1, 0.15) is 36.1 Å². The molecule has 0 aliphatic heterocycles. The molecule has 0 heterocycles. The van der Waals surface area contributed by atoms with E-state index in [0.717, 1.165) is 29.8 Å². The van der Waals surface area contributed by atoms with Gasteiger partial charge in [0, 0.05) is 5.56 Å². The van der Waals surface area contributed by atoms with Gasteiger partial charge in [-0.1, -0.05) is 36.8 Å². The molecule has 1 unspecified atom stereocenters. The van der Waals surface area contributed by atoms with Gasteiger partial charge in [-0.3, -0.25) is 0 Å². The maximum absolute atomic E-state index is 14.2. The zero-order valence-electron chi connectivity index (χ0n) is 12.8. The van der Waals surface area contributed by atoms with E-state index in [1.165, 1.54) is 6.07 Å². The van der Waals surface area contributed by atoms with Crippen LogP contribution in [0.2, 0.25) is 0 Å². The van der Waals surface area contributed by atoms with Gasteiger partial charge in [-0.25, -0.2) is 4.39 Å². The van der Waals surface area contributed by atoms with Crippen LogP contribution in [0.4, 0.5) is 4.39 Å². The average molecular weight is 287 g/mol. The van der Waals surface area contributed by atoms with E-state index in [4.69, 9.17) is 4.74 Å². The van der Waals surface area contributed by atoms with Gasteiger partial charge < -0.3 is 10.1 Å². The summed E-state index contributed by atoms with van der Waals surface area (Å²) in [6.07, 6.45) is 0.994. The zero-order valence-corrected chi connectivity index (χ0v) is 12.8. The first-order valence-electron chi connectivity index (χ1n) is 7.29. The van der Waals surface area contributed by atoms with Gasteiger partial charge in [0.15, 0.2) is 0 Å². The van der Waals surface area contributed by atoms with Crippen molar-refractivity contribution in [2.45, 2.75) is 26.3 Å². The standard InChI is InChI=1S/C18H22FNO/c1-4-10-20-18(14-6-5-7-15(12-14)21-3)16-11-13(2)8-9-17(16)19/h5-9,11-12,18,20H,4,10H2,1-3H3. The number of aryl methyl sites for hydroxylation is 1. The lowest BCUT2D eigenvalue weighted by molar-refractivity contribution is 0.413. The summed E-state index contributed by atoms with van der Waals surface area (Å²) < 4.78 is 19.5. The van der Waals surface area contributed by atoms with E-state index in [1.807, 2.05) is 37.3 Å². The number of ether oxygens (including phenoxy) is 1. The van der Waals surface area contributed by atoms with Gasteiger partial charge in [-0.05, 0) is 43.7 Å². The normalized spacial score (nSPS) is 12.2. The molecule has 0 saturated heterocycles. The molecule has 112 valence electrons. The molecule has 0 amide bonds. The Labute approximate surface area is 126 Å². The van der Waals surface area contributed by atoms with Crippen molar-refractivity contribution in [1.82, 2.24) is 5.32 Å². The summed E-state index contributed by atoms with van der Waals surface area (Å²) in [5.74, 6) is 0.598. The van der Waals surface area contributed by atoms with Crippen LogP contribution in [-0.4, -0.2) is 13.7 Å². The van der Waals surface area contributed by atoms with E-state index in [-0.39, 0.29) is 11.9 Å². The lowest BCUT2D eigenvalue weighted by Crippen LogP contribution is -2.24. The highest BCUT2D eigenvalue weighted by Crippen LogP contribution is 2.27. The van der Waals surface area contributed by atoms with Gasteiger partial charge in [-0.15, -0.1) is 0 Å². The summed E-state index contributed by atoms with van der Waals surface area (Å²) in [6.45, 7) is 4.91. The molecule has 1 atom stereocenters. The van der Waals surface area contributed by atoms with E-state index in [1.54, 1.807) is 13.2 Å². The fourth-order valence-corrected chi connectivity index (χ4v) is 2.40.